The van der Waals surface area contributed by atoms with Gasteiger partial charge in [-0.15, -0.1) is 0 Å². The Labute approximate surface area is 168 Å². The lowest BCUT2D eigenvalue weighted by Crippen LogP contribution is -1.99. The van der Waals surface area contributed by atoms with E-state index in [4.69, 9.17) is 0 Å². The summed E-state index contributed by atoms with van der Waals surface area (Å²) in [6.07, 6.45) is 0. The first-order valence-corrected chi connectivity index (χ1v) is 9.62. The van der Waals surface area contributed by atoms with Gasteiger partial charge < -0.3 is 10.6 Å². The average molecular weight is 415 g/mol. The van der Waals surface area contributed by atoms with Crippen LogP contribution >= 0.6 is 15.9 Å². The number of rotatable bonds is 5. The summed E-state index contributed by atoms with van der Waals surface area (Å²) in [4.78, 5) is 0. The lowest BCUT2D eigenvalue weighted by atomic mass is 10.0. The zero-order chi connectivity index (χ0) is 18.5. The molecule has 0 aliphatic carbocycles. The van der Waals surface area contributed by atoms with Crippen LogP contribution < -0.4 is 10.6 Å². The van der Waals surface area contributed by atoms with Crippen LogP contribution in [-0.2, 0) is 0 Å². The minimum Gasteiger partial charge on any atom is -0.355 e. The first-order chi connectivity index (χ1) is 13.3. The molecule has 0 fully saturated rings. The van der Waals surface area contributed by atoms with E-state index in [1.807, 2.05) is 42.5 Å². The second-order valence-electron chi connectivity index (χ2n) is 6.19. The number of benzene rings is 4. The van der Waals surface area contributed by atoms with Crippen molar-refractivity contribution in [2.45, 2.75) is 0 Å². The monoisotopic (exact) mass is 414 g/mol. The highest BCUT2D eigenvalue weighted by molar-refractivity contribution is 9.10. The number of nitrogens with one attached hydrogen (secondary N) is 2. The molecule has 132 valence electrons. The Morgan fingerprint density at radius 1 is 0.481 bits per heavy atom. The fourth-order valence-electron chi connectivity index (χ4n) is 3.07. The Hall–Kier alpha value is -3.04. The molecule has 0 unspecified atom stereocenters. The molecule has 0 aliphatic heterocycles. The van der Waals surface area contributed by atoms with E-state index in [9.17, 15) is 0 Å². The average Bonchev–Trinajstić information content (AvgIpc) is 2.71. The number of halogens is 1. The third-order valence-electron chi connectivity index (χ3n) is 4.31. The minimum atomic E-state index is 1.05. The van der Waals surface area contributed by atoms with Crippen LogP contribution in [0, 0.1) is 0 Å². The quantitative estimate of drug-likeness (QED) is 0.351. The number of para-hydroxylation sites is 2. The van der Waals surface area contributed by atoms with Crippen LogP contribution in [0.25, 0.3) is 11.1 Å². The van der Waals surface area contributed by atoms with Crippen molar-refractivity contribution in [1.82, 2.24) is 0 Å². The van der Waals surface area contributed by atoms with Gasteiger partial charge in [0.2, 0.25) is 0 Å². The van der Waals surface area contributed by atoms with Crippen LogP contribution in [0.1, 0.15) is 0 Å². The summed E-state index contributed by atoms with van der Waals surface area (Å²) in [7, 11) is 0. The molecule has 3 heteroatoms. The van der Waals surface area contributed by atoms with E-state index >= 15 is 0 Å². The molecule has 0 heterocycles. The maximum Gasteiger partial charge on any atom is 0.0485 e. The summed E-state index contributed by atoms with van der Waals surface area (Å²) in [5.41, 5.74) is 6.47. The highest BCUT2D eigenvalue weighted by atomic mass is 79.9. The smallest absolute Gasteiger partial charge is 0.0485 e. The zero-order valence-corrected chi connectivity index (χ0v) is 16.3. The van der Waals surface area contributed by atoms with Gasteiger partial charge in [-0.2, -0.15) is 0 Å². The van der Waals surface area contributed by atoms with Gasteiger partial charge in [-0.1, -0.05) is 76.6 Å². The molecule has 0 saturated carbocycles. The molecule has 4 aromatic rings. The summed E-state index contributed by atoms with van der Waals surface area (Å²) in [5, 5.41) is 7.13. The van der Waals surface area contributed by atoms with Crippen molar-refractivity contribution < 1.29 is 0 Å². The molecule has 4 rings (SSSR count). The Bertz CT molecular complexity index is 971. The molecule has 0 atom stereocenters. The van der Waals surface area contributed by atoms with E-state index in [0.717, 1.165) is 38.3 Å². The van der Waals surface area contributed by atoms with E-state index in [-0.39, 0.29) is 0 Å². The number of anilines is 4. The first-order valence-electron chi connectivity index (χ1n) is 8.83. The van der Waals surface area contributed by atoms with E-state index in [0.29, 0.717) is 0 Å². The predicted octanol–water partition coefficient (Wildman–Crippen LogP) is 7.60. The van der Waals surface area contributed by atoms with Crippen LogP contribution in [0.15, 0.2) is 108 Å². The SMILES string of the molecule is Brc1ccccc1-c1c(Nc2ccccc2)cccc1Nc1ccccc1. The van der Waals surface area contributed by atoms with E-state index in [1.54, 1.807) is 0 Å². The van der Waals surface area contributed by atoms with Crippen LogP contribution in [0.5, 0.6) is 0 Å². The third kappa shape index (κ3) is 4.04. The Kier molecular flexibility index (Phi) is 5.22. The normalized spacial score (nSPS) is 10.4. The largest absolute Gasteiger partial charge is 0.355 e. The molecule has 0 aromatic heterocycles. The van der Waals surface area contributed by atoms with Crippen LogP contribution in [0.2, 0.25) is 0 Å². The molecule has 0 bridgehead atoms. The molecule has 0 spiro atoms. The molecule has 0 saturated heterocycles. The Morgan fingerprint density at radius 2 is 0.963 bits per heavy atom. The third-order valence-corrected chi connectivity index (χ3v) is 5.00. The Balaban J connectivity index is 1.83. The highest BCUT2D eigenvalue weighted by Crippen LogP contribution is 2.41. The second kappa shape index (κ2) is 8.11. The van der Waals surface area contributed by atoms with Crippen LogP contribution in [0.3, 0.4) is 0 Å². The minimum absolute atomic E-state index is 1.05. The molecule has 0 amide bonds. The maximum atomic E-state index is 3.72. The van der Waals surface area contributed by atoms with Gasteiger partial charge in [-0.05, 0) is 42.5 Å². The van der Waals surface area contributed by atoms with Crippen molar-refractivity contribution in [3.05, 3.63) is 108 Å². The molecule has 0 radical (unpaired) electrons. The van der Waals surface area contributed by atoms with Crippen molar-refractivity contribution in [2.75, 3.05) is 10.6 Å². The van der Waals surface area contributed by atoms with Gasteiger partial charge in [-0.3, -0.25) is 0 Å². The maximum absolute atomic E-state index is 3.72. The molecule has 0 aliphatic rings. The highest BCUT2D eigenvalue weighted by Gasteiger charge is 2.14. The topological polar surface area (TPSA) is 24.1 Å². The summed E-state index contributed by atoms with van der Waals surface area (Å²) in [6.45, 7) is 0. The lowest BCUT2D eigenvalue weighted by molar-refractivity contribution is 1.49. The fraction of sp³-hybridized carbons (Fsp3) is 0. The van der Waals surface area contributed by atoms with Gasteiger partial charge in [-0.25, -0.2) is 0 Å². The summed E-state index contributed by atoms with van der Waals surface area (Å²) < 4.78 is 1.06. The summed E-state index contributed by atoms with van der Waals surface area (Å²) >= 11 is 3.72. The van der Waals surface area contributed by atoms with E-state index < -0.39 is 0 Å². The van der Waals surface area contributed by atoms with Crippen molar-refractivity contribution in [2.24, 2.45) is 0 Å². The van der Waals surface area contributed by atoms with Crippen molar-refractivity contribution in [3.8, 4) is 11.1 Å². The Morgan fingerprint density at radius 3 is 1.48 bits per heavy atom. The molecule has 2 nitrogen and oxygen atoms in total. The van der Waals surface area contributed by atoms with Gasteiger partial charge in [0.05, 0.1) is 0 Å². The van der Waals surface area contributed by atoms with Gasteiger partial charge in [0.25, 0.3) is 0 Å². The zero-order valence-electron chi connectivity index (χ0n) is 14.7. The lowest BCUT2D eigenvalue weighted by Gasteiger charge is -2.19. The van der Waals surface area contributed by atoms with Gasteiger partial charge >= 0.3 is 0 Å². The van der Waals surface area contributed by atoms with E-state index in [1.165, 1.54) is 0 Å². The fourth-order valence-corrected chi connectivity index (χ4v) is 3.55. The van der Waals surface area contributed by atoms with Crippen LogP contribution in [0.4, 0.5) is 22.7 Å². The summed E-state index contributed by atoms with van der Waals surface area (Å²) in [6, 6.07) is 35.0. The number of hydrogen-bond acceptors (Lipinski definition) is 2. The second-order valence-corrected chi connectivity index (χ2v) is 7.04. The van der Waals surface area contributed by atoms with Crippen molar-refractivity contribution in [1.29, 1.82) is 0 Å². The summed E-state index contributed by atoms with van der Waals surface area (Å²) in [5.74, 6) is 0. The predicted molar refractivity (Wildman–Crippen MR) is 119 cm³/mol. The number of hydrogen-bond donors (Lipinski definition) is 2. The van der Waals surface area contributed by atoms with Crippen LogP contribution in [-0.4, -0.2) is 0 Å². The standard InChI is InChI=1S/C24H19BrN2/c25-21-15-8-7-14-20(21)24-22(26-18-10-3-1-4-11-18)16-9-17-23(24)27-19-12-5-2-6-13-19/h1-17,26-27H. The molecular weight excluding hydrogens is 396 g/mol. The molecule has 4 aromatic carbocycles. The van der Waals surface area contributed by atoms with Crippen molar-refractivity contribution >= 4 is 38.7 Å². The van der Waals surface area contributed by atoms with Gasteiger partial charge in [0.15, 0.2) is 0 Å². The van der Waals surface area contributed by atoms with Gasteiger partial charge in [0.1, 0.15) is 0 Å². The first kappa shape index (κ1) is 17.4. The molecule has 27 heavy (non-hydrogen) atoms. The molecule has 2 N–H and O–H groups in total. The van der Waals surface area contributed by atoms with Crippen molar-refractivity contribution in [3.63, 3.8) is 0 Å². The molecular formula is C24H19BrN2. The van der Waals surface area contributed by atoms with E-state index in [2.05, 4.69) is 87.2 Å². The van der Waals surface area contributed by atoms with Gasteiger partial charge in [0, 0.05) is 38.3 Å².